The van der Waals surface area contributed by atoms with Crippen molar-refractivity contribution >= 4 is 33.6 Å². The van der Waals surface area contributed by atoms with E-state index >= 15 is 0 Å². The van der Waals surface area contributed by atoms with Crippen LogP contribution in [0.2, 0.25) is 0 Å². The Hall–Kier alpha value is -2.66. The van der Waals surface area contributed by atoms with E-state index < -0.39 is 0 Å². The fraction of sp³-hybridized carbons (Fsp3) is 0.158. The van der Waals surface area contributed by atoms with Gasteiger partial charge in [0, 0.05) is 23.4 Å². The second kappa shape index (κ2) is 6.09. The van der Waals surface area contributed by atoms with Crippen molar-refractivity contribution < 1.29 is 4.79 Å². The third kappa shape index (κ3) is 2.67. The number of H-pyrrole nitrogens is 1. The Balaban J connectivity index is 1.60. The molecule has 3 heterocycles. The van der Waals surface area contributed by atoms with E-state index in [1.54, 1.807) is 28.4 Å². The molecule has 3 aromatic rings. The highest BCUT2D eigenvalue weighted by Gasteiger charge is 2.20. The van der Waals surface area contributed by atoms with Gasteiger partial charge in [0.05, 0.1) is 0 Å². The summed E-state index contributed by atoms with van der Waals surface area (Å²) in [6.07, 6.45) is 2.94. The van der Waals surface area contributed by atoms with Crippen LogP contribution in [-0.4, -0.2) is 28.9 Å². The molecule has 2 aromatic heterocycles. The van der Waals surface area contributed by atoms with Gasteiger partial charge in [0.25, 0.3) is 11.5 Å². The van der Waals surface area contributed by atoms with Crippen molar-refractivity contribution in [1.29, 1.82) is 0 Å². The van der Waals surface area contributed by atoms with Gasteiger partial charge in [-0.1, -0.05) is 30.3 Å². The Morgan fingerprint density at radius 2 is 2.04 bits per heavy atom. The van der Waals surface area contributed by atoms with Crippen LogP contribution in [0.5, 0.6) is 0 Å². The van der Waals surface area contributed by atoms with Crippen LogP contribution in [0.25, 0.3) is 16.3 Å². The fourth-order valence-corrected chi connectivity index (χ4v) is 3.83. The predicted octanol–water partition coefficient (Wildman–Crippen LogP) is 3.52. The highest BCUT2D eigenvalue weighted by atomic mass is 32.1. The molecule has 0 saturated carbocycles. The topological polar surface area (TPSA) is 53.2 Å². The lowest BCUT2D eigenvalue weighted by Gasteiger charge is -2.26. The van der Waals surface area contributed by atoms with Crippen molar-refractivity contribution in [2.75, 3.05) is 13.1 Å². The van der Waals surface area contributed by atoms with Crippen molar-refractivity contribution in [3.8, 4) is 0 Å². The average Bonchev–Trinajstić information content (AvgIpc) is 3.16. The molecule has 0 aliphatic carbocycles. The van der Waals surface area contributed by atoms with Crippen LogP contribution < -0.4 is 5.56 Å². The first-order valence-corrected chi connectivity index (χ1v) is 8.74. The Labute approximate surface area is 143 Å². The number of aromatic nitrogens is 1. The van der Waals surface area contributed by atoms with Gasteiger partial charge in [-0.3, -0.25) is 9.59 Å². The van der Waals surface area contributed by atoms with Crippen LogP contribution >= 0.6 is 11.3 Å². The molecule has 0 radical (unpaired) electrons. The molecule has 120 valence electrons. The van der Waals surface area contributed by atoms with Crippen molar-refractivity contribution in [1.82, 2.24) is 9.88 Å². The minimum absolute atomic E-state index is 0.126. The lowest BCUT2D eigenvalue weighted by molar-refractivity contribution is 0.0767. The van der Waals surface area contributed by atoms with Crippen LogP contribution in [-0.2, 0) is 0 Å². The van der Waals surface area contributed by atoms with Gasteiger partial charge in [-0.05, 0) is 41.0 Å². The fourth-order valence-electron chi connectivity index (χ4n) is 3.04. The summed E-state index contributed by atoms with van der Waals surface area (Å²) in [7, 11) is 0. The van der Waals surface area contributed by atoms with Crippen LogP contribution in [0.3, 0.4) is 0 Å². The van der Waals surface area contributed by atoms with E-state index in [9.17, 15) is 9.59 Å². The van der Waals surface area contributed by atoms with Crippen molar-refractivity contribution in [3.63, 3.8) is 0 Å². The molecular weight excluding hydrogens is 320 g/mol. The zero-order valence-corrected chi connectivity index (χ0v) is 13.8. The predicted molar refractivity (Wildman–Crippen MR) is 97.4 cm³/mol. The van der Waals surface area contributed by atoms with Gasteiger partial charge in [-0.2, -0.15) is 0 Å². The standard InChI is InChI=1S/C19H16N2O2S/c22-18-15-5-2-1-4-14(15)12-16(20-18)19(23)21-9-7-13(8-10-21)17-6-3-11-24-17/h1-7,11-12H,8-10H2,(H,20,22). The van der Waals surface area contributed by atoms with E-state index in [4.69, 9.17) is 0 Å². The van der Waals surface area contributed by atoms with Crippen molar-refractivity contribution in [3.05, 3.63) is 74.8 Å². The van der Waals surface area contributed by atoms with E-state index in [0.29, 0.717) is 24.2 Å². The Morgan fingerprint density at radius 1 is 1.17 bits per heavy atom. The van der Waals surface area contributed by atoms with Gasteiger partial charge in [-0.15, -0.1) is 11.3 Å². The monoisotopic (exact) mass is 336 g/mol. The summed E-state index contributed by atoms with van der Waals surface area (Å²) >= 11 is 1.72. The molecule has 1 aromatic carbocycles. The highest BCUT2D eigenvalue weighted by molar-refractivity contribution is 7.11. The van der Waals surface area contributed by atoms with Gasteiger partial charge >= 0.3 is 0 Å². The van der Waals surface area contributed by atoms with Crippen LogP contribution in [0, 0.1) is 0 Å². The Morgan fingerprint density at radius 3 is 2.79 bits per heavy atom. The van der Waals surface area contributed by atoms with Crippen LogP contribution in [0.15, 0.2) is 58.7 Å². The lowest BCUT2D eigenvalue weighted by Crippen LogP contribution is -2.35. The number of carbonyl (C=O) groups is 1. The normalized spacial score (nSPS) is 14.7. The van der Waals surface area contributed by atoms with E-state index in [1.165, 1.54) is 10.5 Å². The summed E-state index contributed by atoms with van der Waals surface area (Å²) in [5, 5.41) is 3.46. The van der Waals surface area contributed by atoms with Gasteiger partial charge < -0.3 is 9.88 Å². The number of pyridine rings is 1. The maximum atomic E-state index is 12.7. The maximum absolute atomic E-state index is 12.7. The molecule has 4 nitrogen and oxygen atoms in total. The van der Waals surface area contributed by atoms with Crippen molar-refractivity contribution in [2.24, 2.45) is 0 Å². The number of fused-ring (bicyclic) bond motifs is 1. The number of amides is 1. The molecule has 5 heteroatoms. The molecule has 1 N–H and O–H groups in total. The number of nitrogens with one attached hydrogen (secondary N) is 1. The first-order valence-electron chi connectivity index (χ1n) is 7.86. The minimum Gasteiger partial charge on any atom is -0.333 e. The van der Waals surface area contributed by atoms with Gasteiger partial charge in [0.15, 0.2) is 0 Å². The zero-order valence-electron chi connectivity index (χ0n) is 13.0. The number of aromatic amines is 1. The molecule has 24 heavy (non-hydrogen) atoms. The quantitative estimate of drug-likeness (QED) is 0.778. The number of nitrogens with zero attached hydrogens (tertiary/aromatic N) is 1. The SMILES string of the molecule is O=C(c1cc2ccccc2c(=O)[nH]1)N1CC=C(c2cccs2)CC1. The number of hydrogen-bond acceptors (Lipinski definition) is 3. The van der Waals surface area contributed by atoms with E-state index in [-0.39, 0.29) is 11.5 Å². The molecule has 1 amide bonds. The second-order valence-electron chi connectivity index (χ2n) is 5.81. The third-order valence-corrected chi connectivity index (χ3v) is 5.26. The van der Waals surface area contributed by atoms with Gasteiger partial charge in [0.2, 0.25) is 0 Å². The Bertz CT molecular complexity index is 986. The number of thiophene rings is 1. The third-order valence-electron chi connectivity index (χ3n) is 4.32. The minimum atomic E-state index is -0.219. The first kappa shape index (κ1) is 14.9. The zero-order chi connectivity index (χ0) is 16.5. The second-order valence-corrected chi connectivity index (χ2v) is 6.75. The molecule has 0 saturated heterocycles. The number of rotatable bonds is 2. The average molecular weight is 336 g/mol. The smallest absolute Gasteiger partial charge is 0.270 e. The summed E-state index contributed by atoms with van der Waals surface area (Å²) in [4.78, 5) is 30.6. The van der Waals surface area contributed by atoms with Crippen molar-refractivity contribution in [2.45, 2.75) is 6.42 Å². The molecule has 0 unspecified atom stereocenters. The van der Waals surface area contributed by atoms with E-state index in [2.05, 4.69) is 22.5 Å². The maximum Gasteiger partial charge on any atom is 0.270 e. The molecule has 1 aliphatic rings. The molecule has 0 bridgehead atoms. The summed E-state index contributed by atoms with van der Waals surface area (Å²) in [5.41, 5.74) is 1.43. The summed E-state index contributed by atoms with van der Waals surface area (Å²) < 4.78 is 0. The molecule has 0 atom stereocenters. The largest absolute Gasteiger partial charge is 0.333 e. The highest BCUT2D eigenvalue weighted by Crippen LogP contribution is 2.26. The van der Waals surface area contributed by atoms with E-state index in [0.717, 1.165) is 11.8 Å². The molecule has 0 spiro atoms. The summed E-state index contributed by atoms with van der Waals surface area (Å²) in [5.74, 6) is -0.126. The summed E-state index contributed by atoms with van der Waals surface area (Å²) in [6, 6.07) is 13.2. The number of benzene rings is 1. The van der Waals surface area contributed by atoms with E-state index in [1.807, 2.05) is 24.3 Å². The van der Waals surface area contributed by atoms with Gasteiger partial charge in [-0.25, -0.2) is 0 Å². The lowest BCUT2D eigenvalue weighted by atomic mass is 10.1. The molecule has 4 rings (SSSR count). The molecule has 1 aliphatic heterocycles. The molecule has 0 fully saturated rings. The number of hydrogen-bond donors (Lipinski definition) is 1. The molecular formula is C19H16N2O2S. The summed E-state index contributed by atoms with van der Waals surface area (Å²) in [6.45, 7) is 1.23. The van der Waals surface area contributed by atoms with Gasteiger partial charge in [0.1, 0.15) is 5.69 Å². The number of carbonyl (C=O) groups excluding carboxylic acids is 1. The Kier molecular flexibility index (Phi) is 3.78. The first-order chi connectivity index (χ1) is 11.7. The van der Waals surface area contributed by atoms with Crippen LogP contribution in [0.1, 0.15) is 21.8 Å². The van der Waals surface area contributed by atoms with Crippen LogP contribution in [0.4, 0.5) is 0 Å².